The lowest BCUT2D eigenvalue weighted by Crippen LogP contribution is -2.33. The van der Waals surface area contributed by atoms with Crippen LogP contribution in [0.15, 0.2) is 24.3 Å². The molecule has 1 aliphatic heterocycles. The van der Waals surface area contributed by atoms with Crippen LogP contribution in [0, 0.1) is 0 Å². The maximum absolute atomic E-state index is 10.2. The third kappa shape index (κ3) is 1.45. The molecule has 1 aromatic rings. The molecule has 14 heavy (non-hydrogen) atoms. The number of anilines is 1. The number of ether oxygens (including phenoxy) is 1. The van der Waals surface area contributed by atoms with E-state index in [2.05, 4.69) is 17.0 Å². The van der Waals surface area contributed by atoms with Gasteiger partial charge in [-0.3, -0.25) is 4.79 Å². The van der Waals surface area contributed by atoms with Gasteiger partial charge in [0.25, 0.3) is 6.47 Å². The Hall–Kier alpha value is -1.51. The Kier molecular flexibility index (Phi) is 2.39. The zero-order valence-electron chi connectivity index (χ0n) is 8.14. The van der Waals surface area contributed by atoms with Crippen LogP contribution in [0.25, 0.3) is 0 Å². The molecule has 0 N–H and O–H groups in total. The minimum Gasteiger partial charge on any atom is -0.444 e. The summed E-state index contributed by atoms with van der Waals surface area (Å²) in [6.45, 7) is 3.32. The van der Waals surface area contributed by atoms with Crippen molar-refractivity contribution in [3.63, 3.8) is 0 Å². The first-order valence-electron chi connectivity index (χ1n) is 4.76. The van der Waals surface area contributed by atoms with E-state index >= 15 is 0 Å². The summed E-state index contributed by atoms with van der Waals surface area (Å²) >= 11 is 0. The Labute approximate surface area is 83.3 Å². The molecule has 3 nitrogen and oxygen atoms in total. The molecule has 0 amide bonds. The summed E-state index contributed by atoms with van der Waals surface area (Å²) in [6, 6.07) is 8.22. The third-order valence-corrected chi connectivity index (χ3v) is 2.61. The van der Waals surface area contributed by atoms with Gasteiger partial charge in [-0.15, -0.1) is 0 Å². The van der Waals surface area contributed by atoms with Gasteiger partial charge in [0.15, 0.2) is 6.23 Å². The second-order valence-electron chi connectivity index (χ2n) is 3.40. The standard InChI is InChI=1S/C11H13NO2/c1-9(14-8-13)12-7-6-10-4-2-3-5-11(10)12/h2-5,8-9H,6-7H2,1H3. The highest BCUT2D eigenvalue weighted by molar-refractivity contribution is 5.58. The van der Waals surface area contributed by atoms with Gasteiger partial charge in [0.1, 0.15) is 0 Å². The van der Waals surface area contributed by atoms with Gasteiger partial charge in [0.05, 0.1) is 0 Å². The fraction of sp³-hybridized carbons (Fsp3) is 0.364. The molecular weight excluding hydrogens is 178 g/mol. The summed E-state index contributed by atoms with van der Waals surface area (Å²) in [5, 5.41) is 0. The predicted octanol–water partition coefficient (Wildman–Crippen LogP) is 1.57. The van der Waals surface area contributed by atoms with Crippen LogP contribution in [-0.4, -0.2) is 19.2 Å². The quantitative estimate of drug-likeness (QED) is 0.679. The minimum absolute atomic E-state index is 0.170. The molecule has 1 unspecified atom stereocenters. The minimum atomic E-state index is -0.170. The van der Waals surface area contributed by atoms with E-state index in [1.54, 1.807) is 0 Å². The largest absolute Gasteiger partial charge is 0.444 e. The lowest BCUT2D eigenvalue weighted by Gasteiger charge is -2.25. The number of carbonyl (C=O) groups is 1. The van der Waals surface area contributed by atoms with Gasteiger partial charge >= 0.3 is 0 Å². The molecule has 0 saturated heterocycles. The van der Waals surface area contributed by atoms with Gasteiger partial charge in [0, 0.05) is 12.2 Å². The predicted molar refractivity (Wildman–Crippen MR) is 54.1 cm³/mol. The molecule has 1 atom stereocenters. The Morgan fingerprint density at radius 2 is 2.29 bits per heavy atom. The van der Waals surface area contributed by atoms with E-state index in [-0.39, 0.29) is 6.23 Å². The first-order valence-corrected chi connectivity index (χ1v) is 4.76. The molecule has 0 bridgehead atoms. The Bertz CT molecular complexity index is 338. The second kappa shape index (κ2) is 3.70. The van der Waals surface area contributed by atoms with Crippen LogP contribution in [-0.2, 0) is 16.0 Å². The molecular formula is C11H13NO2. The molecule has 2 rings (SSSR count). The number of hydrogen-bond acceptors (Lipinski definition) is 3. The van der Waals surface area contributed by atoms with E-state index in [9.17, 15) is 4.79 Å². The molecule has 1 heterocycles. The average molecular weight is 191 g/mol. The van der Waals surface area contributed by atoms with E-state index in [0.717, 1.165) is 13.0 Å². The zero-order valence-corrected chi connectivity index (χ0v) is 8.14. The molecule has 0 aliphatic carbocycles. The van der Waals surface area contributed by atoms with E-state index < -0.39 is 0 Å². The van der Waals surface area contributed by atoms with Crippen LogP contribution in [0.3, 0.4) is 0 Å². The van der Waals surface area contributed by atoms with Crippen molar-refractivity contribution in [2.75, 3.05) is 11.4 Å². The van der Waals surface area contributed by atoms with Crippen molar-refractivity contribution in [1.29, 1.82) is 0 Å². The number of fused-ring (bicyclic) bond motifs is 1. The molecule has 1 aliphatic rings. The van der Waals surface area contributed by atoms with Gasteiger partial charge in [0.2, 0.25) is 0 Å². The number of benzene rings is 1. The van der Waals surface area contributed by atoms with Crippen molar-refractivity contribution in [3.8, 4) is 0 Å². The van der Waals surface area contributed by atoms with Crippen LogP contribution in [0.5, 0.6) is 0 Å². The van der Waals surface area contributed by atoms with Crippen LogP contribution < -0.4 is 4.90 Å². The Balaban J connectivity index is 2.21. The van der Waals surface area contributed by atoms with Crippen LogP contribution >= 0.6 is 0 Å². The lowest BCUT2D eigenvalue weighted by molar-refractivity contribution is -0.132. The molecule has 0 saturated carbocycles. The normalized spacial score (nSPS) is 16.2. The lowest BCUT2D eigenvalue weighted by atomic mass is 10.2. The van der Waals surface area contributed by atoms with Crippen molar-refractivity contribution in [2.45, 2.75) is 19.6 Å². The van der Waals surface area contributed by atoms with E-state index in [1.807, 2.05) is 19.1 Å². The fourth-order valence-corrected chi connectivity index (χ4v) is 1.90. The molecule has 74 valence electrons. The highest BCUT2D eigenvalue weighted by Gasteiger charge is 2.23. The van der Waals surface area contributed by atoms with Crippen molar-refractivity contribution in [1.82, 2.24) is 0 Å². The first-order chi connectivity index (χ1) is 6.83. The van der Waals surface area contributed by atoms with Gasteiger partial charge in [-0.1, -0.05) is 18.2 Å². The summed E-state index contributed by atoms with van der Waals surface area (Å²) in [6.07, 6.45) is 0.860. The summed E-state index contributed by atoms with van der Waals surface area (Å²) in [5.41, 5.74) is 2.51. The number of hydrogen-bond donors (Lipinski definition) is 0. The van der Waals surface area contributed by atoms with Crippen molar-refractivity contribution >= 4 is 12.2 Å². The van der Waals surface area contributed by atoms with Crippen molar-refractivity contribution in [3.05, 3.63) is 29.8 Å². The molecule has 0 spiro atoms. The van der Waals surface area contributed by atoms with Crippen LogP contribution in [0.4, 0.5) is 5.69 Å². The van der Waals surface area contributed by atoms with Gasteiger partial charge in [-0.25, -0.2) is 0 Å². The summed E-state index contributed by atoms with van der Waals surface area (Å²) in [5.74, 6) is 0. The van der Waals surface area contributed by atoms with Gasteiger partial charge in [-0.05, 0) is 25.0 Å². The molecule has 3 heteroatoms. The monoisotopic (exact) mass is 191 g/mol. The zero-order chi connectivity index (χ0) is 9.97. The van der Waals surface area contributed by atoms with E-state index in [0.29, 0.717) is 6.47 Å². The summed E-state index contributed by atoms with van der Waals surface area (Å²) < 4.78 is 4.93. The average Bonchev–Trinajstić information content (AvgIpc) is 2.61. The third-order valence-electron chi connectivity index (χ3n) is 2.61. The molecule has 0 radical (unpaired) electrons. The van der Waals surface area contributed by atoms with Gasteiger partial charge < -0.3 is 9.64 Å². The second-order valence-corrected chi connectivity index (χ2v) is 3.40. The Morgan fingerprint density at radius 3 is 3.07 bits per heavy atom. The summed E-state index contributed by atoms with van der Waals surface area (Å²) in [7, 11) is 0. The van der Waals surface area contributed by atoms with Crippen LogP contribution in [0.1, 0.15) is 12.5 Å². The summed E-state index contributed by atoms with van der Waals surface area (Å²) in [4.78, 5) is 12.3. The topological polar surface area (TPSA) is 29.5 Å². The van der Waals surface area contributed by atoms with Crippen LogP contribution in [0.2, 0.25) is 0 Å². The maximum atomic E-state index is 10.2. The van der Waals surface area contributed by atoms with E-state index in [4.69, 9.17) is 4.74 Å². The van der Waals surface area contributed by atoms with E-state index in [1.165, 1.54) is 11.3 Å². The highest BCUT2D eigenvalue weighted by atomic mass is 16.5. The Morgan fingerprint density at radius 1 is 1.50 bits per heavy atom. The number of carbonyl (C=O) groups excluding carboxylic acids is 1. The van der Waals surface area contributed by atoms with Gasteiger partial charge in [-0.2, -0.15) is 0 Å². The molecule has 0 aromatic heterocycles. The highest BCUT2D eigenvalue weighted by Crippen LogP contribution is 2.28. The number of nitrogens with zero attached hydrogens (tertiary/aromatic N) is 1. The number of rotatable bonds is 3. The SMILES string of the molecule is CC(OC=O)N1CCc2ccccc21. The van der Waals surface area contributed by atoms with Crippen molar-refractivity contribution < 1.29 is 9.53 Å². The number of para-hydroxylation sites is 1. The smallest absolute Gasteiger partial charge is 0.294 e. The first kappa shape index (κ1) is 9.06. The van der Waals surface area contributed by atoms with Crippen molar-refractivity contribution in [2.24, 2.45) is 0 Å². The maximum Gasteiger partial charge on any atom is 0.294 e. The fourth-order valence-electron chi connectivity index (χ4n) is 1.90. The molecule has 1 aromatic carbocycles. The molecule has 0 fully saturated rings.